The quantitative estimate of drug-likeness (QED) is 0.352. The van der Waals surface area contributed by atoms with Crippen LogP contribution in [0.15, 0.2) is 65.6 Å². The highest BCUT2D eigenvalue weighted by molar-refractivity contribution is 8.00. The van der Waals surface area contributed by atoms with Crippen molar-refractivity contribution in [2.24, 2.45) is 0 Å². The van der Waals surface area contributed by atoms with Crippen molar-refractivity contribution in [3.8, 4) is 0 Å². The summed E-state index contributed by atoms with van der Waals surface area (Å²) < 4.78 is 5.13. The Morgan fingerprint density at radius 2 is 1.65 bits per heavy atom. The maximum atomic E-state index is 12.1. The van der Waals surface area contributed by atoms with Gasteiger partial charge in [0.25, 0.3) is 0 Å². The van der Waals surface area contributed by atoms with E-state index in [0.717, 1.165) is 21.4 Å². The lowest BCUT2D eigenvalue weighted by Gasteiger charge is -2.07. The highest BCUT2D eigenvalue weighted by atomic mass is 32.2. The maximum absolute atomic E-state index is 12.1. The Morgan fingerprint density at radius 1 is 0.885 bits per heavy atom. The number of thioether (sulfide) groups is 1. The molecule has 0 heterocycles. The lowest BCUT2D eigenvalue weighted by atomic mass is 10.0. The first kappa shape index (κ1) is 18.2. The van der Waals surface area contributed by atoms with E-state index in [-0.39, 0.29) is 24.1 Å². The number of ketones is 1. The molecular weight excluding hydrogens is 344 g/mol. The summed E-state index contributed by atoms with van der Waals surface area (Å²) in [4.78, 5) is 25.1. The smallest absolute Gasteiger partial charge is 0.316 e. The Morgan fingerprint density at radius 3 is 2.42 bits per heavy atom. The Kier molecular flexibility index (Phi) is 5.74. The molecule has 0 aliphatic heterocycles. The van der Waals surface area contributed by atoms with E-state index in [4.69, 9.17) is 4.74 Å². The van der Waals surface area contributed by atoms with Gasteiger partial charge in [0.2, 0.25) is 0 Å². The van der Waals surface area contributed by atoms with Crippen LogP contribution in [0.4, 0.5) is 0 Å². The minimum atomic E-state index is -0.389. The van der Waals surface area contributed by atoms with E-state index in [1.807, 2.05) is 62.4 Å². The zero-order chi connectivity index (χ0) is 18.5. The molecule has 3 rings (SSSR count). The first-order chi connectivity index (χ1) is 12.5. The highest BCUT2D eigenvalue weighted by Gasteiger charge is 2.11. The number of fused-ring (bicyclic) bond motifs is 1. The van der Waals surface area contributed by atoms with Crippen molar-refractivity contribution in [2.75, 3.05) is 12.4 Å². The molecule has 3 aromatic carbocycles. The summed E-state index contributed by atoms with van der Waals surface area (Å²) in [6.07, 6.45) is 0. The fraction of sp³-hybridized carbons (Fsp3) is 0.182. The van der Waals surface area contributed by atoms with Crippen molar-refractivity contribution in [1.29, 1.82) is 0 Å². The number of Topliss-reactive ketones (excluding diaryl/α,β-unsaturated/α-hetero) is 1. The molecule has 0 N–H and O–H groups in total. The van der Waals surface area contributed by atoms with Gasteiger partial charge in [-0.15, -0.1) is 11.8 Å². The third-order valence-electron chi connectivity index (χ3n) is 4.27. The lowest BCUT2D eigenvalue weighted by Crippen LogP contribution is -2.15. The van der Waals surface area contributed by atoms with Crippen LogP contribution in [-0.2, 0) is 9.53 Å². The third kappa shape index (κ3) is 4.52. The molecule has 132 valence electrons. The van der Waals surface area contributed by atoms with Gasteiger partial charge in [-0.3, -0.25) is 9.59 Å². The molecule has 4 heteroatoms. The standard InChI is InChI=1S/C22H20O3S/c1-15-7-8-19(11-16(15)2)21(23)13-25-22(24)14-26-20-10-9-17-5-3-4-6-18(17)12-20/h3-12H,13-14H2,1-2H3. The summed E-state index contributed by atoms with van der Waals surface area (Å²) in [7, 11) is 0. The zero-order valence-electron chi connectivity index (χ0n) is 14.8. The van der Waals surface area contributed by atoms with Gasteiger partial charge in [-0.2, -0.15) is 0 Å². The van der Waals surface area contributed by atoms with Crippen molar-refractivity contribution in [1.82, 2.24) is 0 Å². The molecule has 0 aliphatic rings. The first-order valence-electron chi connectivity index (χ1n) is 8.40. The monoisotopic (exact) mass is 364 g/mol. The fourth-order valence-corrected chi connectivity index (χ4v) is 3.33. The van der Waals surface area contributed by atoms with E-state index in [1.165, 1.54) is 17.1 Å². The number of hydrogen-bond acceptors (Lipinski definition) is 4. The molecule has 0 radical (unpaired) electrons. The fourth-order valence-electron chi connectivity index (χ4n) is 2.59. The Bertz CT molecular complexity index is 963. The van der Waals surface area contributed by atoms with Gasteiger partial charge < -0.3 is 4.74 Å². The molecule has 0 amide bonds. The predicted molar refractivity (Wildman–Crippen MR) is 106 cm³/mol. The van der Waals surface area contributed by atoms with Gasteiger partial charge in [0, 0.05) is 10.5 Å². The van der Waals surface area contributed by atoms with Gasteiger partial charge in [0.1, 0.15) is 0 Å². The van der Waals surface area contributed by atoms with Crippen LogP contribution in [0.1, 0.15) is 21.5 Å². The minimum Gasteiger partial charge on any atom is -0.457 e. The molecule has 0 saturated carbocycles. The van der Waals surface area contributed by atoms with Crippen LogP contribution < -0.4 is 0 Å². The van der Waals surface area contributed by atoms with E-state index >= 15 is 0 Å². The summed E-state index contributed by atoms with van der Waals surface area (Å²) in [5.74, 6) is -0.393. The average molecular weight is 364 g/mol. The summed E-state index contributed by atoms with van der Waals surface area (Å²) in [5.41, 5.74) is 2.75. The summed E-state index contributed by atoms with van der Waals surface area (Å²) in [6.45, 7) is 3.73. The zero-order valence-corrected chi connectivity index (χ0v) is 15.6. The van der Waals surface area contributed by atoms with Gasteiger partial charge in [0.05, 0.1) is 5.75 Å². The van der Waals surface area contributed by atoms with E-state index in [1.54, 1.807) is 6.07 Å². The molecule has 26 heavy (non-hydrogen) atoms. The largest absolute Gasteiger partial charge is 0.457 e. The predicted octanol–water partition coefficient (Wildman–Crippen LogP) is 4.97. The minimum absolute atomic E-state index is 0.179. The van der Waals surface area contributed by atoms with E-state index in [2.05, 4.69) is 6.07 Å². The summed E-state index contributed by atoms with van der Waals surface area (Å²) in [6, 6.07) is 19.6. The molecule has 0 aliphatic carbocycles. The van der Waals surface area contributed by atoms with Gasteiger partial charge in [-0.05, 0) is 53.9 Å². The van der Waals surface area contributed by atoms with Crippen molar-refractivity contribution in [3.05, 3.63) is 77.4 Å². The van der Waals surface area contributed by atoms with Gasteiger partial charge >= 0.3 is 5.97 Å². The number of carbonyl (C=O) groups excluding carboxylic acids is 2. The van der Waals surface area contributed by atoms with E-state index in [9.17, 15) is 9.59 Å². The van der Waals surface area contributed by atoms with Gasteiger partial charge in [0.15, 0.2) is 12.4 Å². The molecule has 0 unspecified atom stereocenters. The van der Waals surface area contributed by atoms with Gasteiger partial charge in [-0.25, -0.2) is 0 Å². The number of carbonyl (C=O) groups is 2. The number of hydrogen-bond donors (Lipinski definition) is 0. The number of ether oxygens (including phenoxy) is 1. The SMILES string of the molecule is Cc1ccc(C(=O)COC(=O)CSc2ccc3ccccc3c2)cc1C. The second kappa shape index (κ2) is 8.19. The molecule has 0 saturated heterocycles. The van der Waals surface area contributed by atoms with E-state index in [0.29, 0.717) is 5.56 Å². The molecule has 0 bridgehead atoms. The van der Waals surface area contributed by atoms with Crippen molar-refractivity contribution in [3.63, 3.8) is 0 Å². The number of esters is 1. The van der Waals surface area contributed by atoms with E-state index < -0.39 is 0 Å². The molecule has 0 fully saturated rings. The Balaban J connectivity index is 1.51. The third-order valence-corrected chi connectivity index (χ3v) is 5.24. The average Bonchev–Trinajstić information content (AvgIpc) is 2.66. The topological polar surface area (TPSA) is 43.4 Å². The maximum Gasteiger partial charge on any atom is 0.316 e. The van der Waals surface area contributed by atoms with Crippen molar-refractivity contribution < 1.29 is 14.3 Å². The lowest BCUT2D eigenvalue weighted by molar-refractivity contribution is -0.139. The van der Waals surface area contributed by atoms with Crippen LogP contribution >= 0.6 is 11.8 Å². The second-order valence-electron chi connectivity index (χ2n) is 6.18. The van der Waals surface area contributed by atoms with Crippen LogP contribution in [0.5, 0.6) is 0 Å². The number of benzene rings is 3. The van der Waals surface area contributed by atoms with Crippen LogP contribution in [-0.4, -0.2) is 24.1 Å². The van der Waals surface area contributed by atoms with Crippen LogP contribution in [0.2, 0.25) is 0 Å². The molecule has 0 aromatic heterocycles. The van der Waals surface area contributed by atoms with Crippen LogP contribution in [0, 0.1) is 13.8 Å². The molecule has 0 atom stereocenters. The molecule has 3 nitrogen and oxygen atoms in total. The normalized spacial score (nSPS) is 10.7. The van der Waals surface area contributed by atoms with Crippen LogP contribution in [0.25, 0.3) is 10.8 Å². The number of aryl methyl sites for hydroxylation is 2. The van der Waals surface area contributed by atoms with Gasteiger partial charge in [-0.1, -0.05) is 42.5 Å². The molecule has 3 aromatic rings. The summed E-state index contributed by atoms with van der Waals surface area (Å²) in [5, 5.41) is 2.30. The van der Waals surface area contributed by atoms with Crippen molar-refractivity contribution in [2.45, 2.75) is 18.7 Å². The summed E-state index contributed by atoms with van der Waals surface area (Å²) >= 11 is 1.41. The molecule has 0 spiro atoms. The van der Waals surface area contributed by atoms with Crippen LogP contribution in [0.3, 0.4) is 0 Å². The van der Waals surface area contributed by atoms with Crippen molar-refractivity contribution >= 4 is 34.3 Å². The second-order valence-corrected chi connectivity index (χ2v) is 7.23. The molecular formula is C22H20O3S. The Labute approximate surface area is 157 Å². The number of rotatable bonds is 6. The first-order valence-corrected chi connectivity index (χ1v) is 9.39. The highest BCUT2D eigenvalue weighted by Crippen LogP contribution is 2.23. The Hall–Kier alpha value is -2.59.